The van der Waals surface area contributed by atoms with Gasteiger partial charge in [-0.2, -0.15) is 0 Å². The summed E-state index contributed by atoms with van der Waals surface area (Å²) in [5.74, 6) is 0. The molecule has 25 heavy (non-hydrogen) atoms. The standard InChI is InChI=1S/C24H20S/c1-2-3-7-16-10-6-11-20-23-21-15-18-9-5-4-8-17(18)14-19(21)12-13-22(23)25-24(16)20/h4-6,8-15H,2-3,7H2,1H3. The third-order valence-corrected chi connectivity index (χ3v) is 6.47. The average molecular weight is 340 g/mol. The number of hydrogen-bond donors (Lipinski definition) is 0. The smallest absolute Gasteiger partial charge is 0.0387 e. The molecule has 5 rings (SSSR count). The Bertz CT molecular complexity index is 1230. The number of thiophene rings is 1. The predicted molar refractivity (Wildman–Crippen MR) is 113 cm³/mol. The van der Waals surface area contributed by atoms with Crippen molar-refractivity contribution in [2.45, 2.75) is 26.2 Å². The Balaban J connectivity index is 1.89. The minimum atomic E-state index is 1.18. The van der Waals surface area contributed by atoms with Gasteiger partial charge in [-0.25, -0.2) is 0 Å². The van der Waals surface area contributed by atoms with Gasteiger partial charge >= 0.3 is 0 Å². The summed E-state index contributed by atoms with van der Waals surface area (Å²) in [5.41, 5.74) is 1.51. The zero-order valence-corrected chi connectivity index (χ0v) is 15.2. The molecule has 1 aromatic heterocycles. The number of hydrogen-bond acceptors (Lipinski definition) is 1. The molecule has 0 bridgehead atoms. The summed E-state index contributed by atoms with van der Waals surface area (Å²) < 4.78 is 2.88. The molecule has 122 valence electrons. The second-order valence-corrected chi connectivity index (χ2v) is 7.91. The summed E-state index contributed by atoms with van der Waals surface area (Å²) in [6.45, 7) is 2.27. The predicted octanol–water partition coefficient (Wildman–Crippen LogP) is 7.70. The van der Waals surface area contributed by atoms with Gasteiger partial charge in [-0.3, -0.25) is 0 Å². The second kappa shape index (κ2) is 5.86. The lowest BCUT2D eigenvalue weighted by molar-refractivity contribution is 0.799. The van der Waals surface area contributed by atoms with Gasteiger partial charge in [0.2, 0.25) is 0 Å². The Hall–Kier alpha value is -2.38. The van der Waals surface area contributed by atoms with Crippen molar-refractivity contribution in [1.82, 2.24) is 0 Å². The van der Waals surface area contributed by atoms with E-state index in [1.807, 2.05) is 11.3 Å². The lowest BCUT2D eigenvalue weighted by Gasteiger charge is -2.05. The van der Waals surface area contributed by atoms with Crippen molar-refractivity contribution in [3.63, 3.8) is 0 Å². The number of benzene rings is 4. The fourth-order valence-corrected chi connectivity index (χ4v) is 5.19. The number of unbranched alkanes of at least 4 members (excludes halogenated alkanes) is 1. The van der Waals surface area contributed by atoms with Gasteiger partial charge in [0, 0.05) is 20.2 Å². The van der Waals surface area contributed by atoms with Crippen LogP contribution in [0, 0.1) is 0 Å². The van der Waals surface area contributed by atoms with Crippen LogP contribution in [0.5, 0.6) is 0 Å². The lowest BCUT2D eigenvalue weighted by atomic mass is 9.98. The highest BCUT2D eigenvalue weighted by Gasteiger charge is 2.12. The van der Waals surface area contributed by atoms with Crippen LogP contribution in [0.2, 0.25) is 0 Å². The van der Waals surface area contributed by atoms with Crippen LogP contribution in [-0.2, 0) is 6.42 Å². The van der Waals surface area contributed by atoms with E-state index >= 15 is 0 Å². The maximum Gasteiger partial charge on any atom is 0.0387 e. The van der Waals surface area contributed by atoms with Crippen LogP contribution >= 0.6 is 11.3 Å². The summed E-state index contributed by atoms with van der Waals surface area (Å²) in [6, 6.07) is 24.8. The van der Waals surface area contributed by atoms with Crippen molar-refractivity contribution in [3.05, 3.63) is 72.3 Å². The Morgan fingerprint density at radius 2 is 1.60 bits per heavy atom. The van der Waals surface area contributed by atoms with Gasteiger partial charge < -0.3 is 0 Å². The Kier molecular flexibility index (Phi) is 3.50. The van der Waals surface area contributed by atoms with E-state index in [2.05, 4.69) is 73.7 Å². The zero-order valence-electron chi connectivity index (χ0n) is 14.4. The molecule has 0 radical (unpaired) electrons. The van der Waals surface area contributed by atoms with Crippen molar-refractivity contribution >= 4 is 53.1 Å². The summed E-state index contributed by atoms with van der Waals surface area (Å²) >= 11 is 1.96. The molecule has 0 saturated heterocycles. The highest BCUT2D eigenvalue weighted by atomic mass is 32.1. The van der Waals surface area contributed by atoms with Crippen LogP contribution < -0.4 is 0 Å². The summed E-state index contributed by atoms with van der Waals surface area (Å²) in [4.78, 5) is 0. The van der Waals surface area contributed by atoms with E-state index in [1.54, 1.807) is 0 Å². The van der Waals surface area contributed by atoms with E-state index in [0.717, 1.165) is 0 Å². The highest BCUT2D eigenvalue weighted by molar-refractivity contribution is 7.26. The molecule has 0 spiro atoms. The molecule has 0 amide bonds. The number of rotatable bonds is 3. The van der Waals surface area contributed by atoms with Gasteiger partial charge in [0.25, 0.3) is 0 Å². The number of aryl methyl sites for hydroxylation is 1. The van der Waals surface area contributed by atoms with Gasteiger partial charge in [-0.15, -0.1) is 11.3 Å². The van der Waals surface area contributed by atoms with Crippen LogP contribution in [0.15, 0.2) is 66.7 Å². The van der Waals surface area contributed by atoms with Crippen molar-refractivity contribution in [2.75, 3.05) is 0 Å². The van der Waals surface area contributed by atoms with Crippen LogP contribution in [0.3, 0.4) is 0 Å². The molecule has 0 aliphatic rings. The maximum absolute atomic E-state index is 2.37. The molecule has 0 atom stereocenters. The molecule has 0 nitrogen and oxygen atoms in total. The molecule has 0 N–H and O–H groups in total. The van der Waals surface area contributed by atoms with E-state index < -0.39 is 0 Å². The minimum Gasteiger partial charge on any atom is -0.135 e. The molecule has 5 aromatic rings. The molecule has 0 aliphatic carbocycles. The Morgan fingerprint density at radius 1 is 0.760 bits per heavy atom. The molecular formula is C24H20S. The third kappa shape index (κ3) is 2.34. The van der Waals surface area contributed by atoms with Gasteiger partial charge in [-0.05, 0) is 58.1 Å². The van der Waals surface area contributed by atoms with Gasteiger partial charge in [0.15, 0.2) is 0 Å². The van der Waals surface area contributed by atoms with Crippen LogP contribution in [-0.4, -0.2) is 0 Å². The molecule has 4 aromatic carbocycles. The summed E-state index contributed by atoms with van der Waals surface area (Å²) in [5, 5.41) is 8.22. The van der Waals surface area contributed by atoms with Gasteiger partial charge in [0.05, 0.1) is 0 Å². The molecule has 0 unspecified atom stereocenters. The van der Waals surface area contributed by atoms with E-state index in [4.69, 9.17) is 0 Å². The first-order valence-corrected chi connectivity index (χ1v) is 9.92. The minimum absolute atomic E-state index is 1.18. The number of fused-ring (bicyclic) bond motifs is 6. The average Bonchev–Trinajstić information content (AvgIpc) is 3.04. The van der Waals surface area contributed by atoms with Gasteiger partial charge in [-0.1, -0.05) is 61.9 Å². The van der Waals surface area contributed by atoms with Crippen LogP contribution in [0.25, 0.3) is 41.7 Å². The topological polar surface area (TPSA) is 0 Å². The molecule has 0 aliphatic heterocycles. The first-order chi connectivity index (χ1) is 12.3. The van der Waals surface area contributed by atoms with Crippen molar-refractivity contribution in [2.24, 2.45) is 0 Å². The van der Waals surface area contributed by atoms with E-state index in [0.29, 0.717) is 0 Å². The summed E-state index contributed by atoms with van der Waals surface area (Å²) in [6.07, 6.45) is 3.69. The zero-order chi connectivity index (χ0) is 16.8. The van der Waals surface area contributed by atoms with E-state index in [-0.39, 0.29) is 0 Å². The SMILES string of the molecule is CCCCc1cccc2c1sc1ccc3cc4ccccc4cc3c12. The molecular weight excluding hydrogens is 320 g/mol. The molecule has 0 saturated carbocycles. The largest absolute Gasteiger partial charge is 0.135 e. The quantitative estimate of drug-likeness (QED) is 0.295. The van der Waals surface area contributed by atoms with Crippen LogP contribution in [0.1, 0.15) is 25.3 Å². The monoisotopic (exact) mass is 340 g/mol. The summed E-state index contributed by atoms with van der Waals surface area (Å²) in [7, 11) is 0. The second-order valence-electron chi connectivity index (χ2n) is 6.86. The highest BCUT2D eigenvalue weighted by Crippen LogP contribution is 2.41. The van der Waals surface area contributed by atoms with Crippen molar-refractivity contribution in [3.8, 4) is 0 Å². The fourth-order valence-electron chi connectivity index (χ4n) is 3.93. The van der Waals surface area contributed by atoms with Gasteiger partial charge in [0.1, 0.15) is 0 Å². The first-order valence-electron chi connectivity index (χ1n) is 9.11. The first kappa shape index (κ1) is 14.9. The third-order valence-electron chi connectivity index (χ3n) is 5.23. The maximum atomic E-state index is 2.37. The fraction of sp³-hybridized carbons (Fsp3) is 0.167. The Morgan fingerprint density at radius 3 is 2.44 bits per heavy atom. The molecule has 0 fully saturated rings. The lowest BCUT2D eigenvalue weighted by Crippen LogP contribution is -1.84. The van der Waals surface area contributed by atoms with E-state index in [9.17, 15) is 0 Å². The molecule has 1 heterocycles. The molecule has 1 heteroatoms. The van der Waals surface area contributed by atoms with Crippen molar-refractivity contribution < 1.29 is 0 Å². The normalized spacial score (nSPS) is 11.9. The van der Waals surface area contributed by atoms with E-state index in [1.165, 1.54) is 66.5 Å². The van der Waals surface area contributed by atoms with Crippen LogP contribution in [0.4, 0.5) is 0 Å². The van der Waals surface area contributed by atoms with Crippen molar-refractivity contribution in [1.29, 1.82) is 0 Å². The Labute approximate surface area is 151 Å².